The third-order valence-corrected chi connectivity index (χ3v) is 3.91. The highest BCUT2D eigenvalue weighted by Crippen LogP contribution is 2.38. The van der Waals surface area contributed by atoms with Gasteiger partial charge in [0.15, 0.2) is 0 Å². The molecule has 0 amide bonds. The fourth-order valence-corrected chi connectivity index (χ4v) is 2.70. The normalized spacial score (nSPS) is 11.6. The van der Waals surface area contributed by atoms with Crippen LogP contribution in [0.3, 0.4) is 0 Å². The number of para-hydroxylation sites is 1. The van der Waals surface area contributed by atoms with Crippen LogP contribution in [-0.2, 0) is 5.41 Å². The van der Waals surface area contributed by atoms with E-state index in [9.17, 15) is 5.11 Å². The first-order chi connectivity index (χ1) is 10.5. The van der Waals surface area contributed by atoms with E-state index in [1.807, 2.05) is 48.5 Å². The van der Waals surface area contributed by atoms with Gasteiger partial charge in [0, 0.05) is 17.0 Å². The van der Waals surface area contributed by atoms with E-state index in [1.165, 1.54) is 0 Å². The predicted octanol–water partition coefficient (Wildman–Crippen LogP) is 5.35. The Labute approximate surface area is 131 Å². The van der Waals surface area contributed by atoms with Gasteiger partial charge in [-0.2, -0.15) is 0 Å². The zero-order chi connectivity index (χ0) is 15.7. The molecule has 3 aromatic rings. The summed E-state index contributed by atoms with van der Waals surface area (Å²) >= 11 is 0. The summed E-state index contributed by atoms with van der Waals surface area (Å²) in [5.41, 5.74) is 4.84. The summed E-state index contributed by atoms with van der Waals surface area (Å²) in [5.74, 6) is 0.358. The Balaban J connectivity index is 2.05. The molecule has 0 saturated heterocycles. The van der Waals surface area contributed by atoms with Gasteiger partial charge < -0.3 is 10.1 Å². The lowest BCUT2D eigenvalue weighted by Crippen LogP contribution is -2.11. The summed E-state index contributed by atoms with van der Waals surface area (Å²) in [6.45, 7) is 6.32. The summed E-state index contributed by atoms with van der Waals surface area (Å²) in [5, 5.41) is 10.6. The molecular formula is C20H21NO. The molecule has 112 valence electrons. The first kappa shape index (κ1) is 14.5. The van der Waals surface area contributed by atoms with Crippen LogP contribution in [-0.4, -0.2) is 10.1 Å². The van der Waals surface area contributed by atoms with E-state index < -0.39 is 0 Å². The molecule has 1 heterocycles. The van der Waals surface area contributed by atoms with Crippen molar-refractivity contribution in [3.63, 3.8) is 0 Å². The summed E-state index contributed by atoms with van der Waals surface area (Å²) in [6, 6.07) is 20.2. The number of H-pyrrole nitrogens is 1. The molecule has 3 rings (SSSR count). The summed E-state index contributed by atoms with van der Waals surface area (Å²) in [6.07, 6.45) is 0. The van der Waals surface area contributed by atoms with Gasteiger partial charge in [-0.15, -0.1) is 0 Å². The Bertz CT molecular complexity index is 779. The smallest absolute Gasteiger partial charge is 0.128 e. The first-order valence-electron chi connectivity index (χ1n) is 7.54. The van der Waals surface area contributed by atoms with E-state index in [1.54, 1.807) is 0 Å². The zero-order valence-electron chi connectivity index (χ0n) is 13.2. The second-order valence-corrected chi connectivity index (χ2v) is 6.60. The van der Waals surface area contributed by atoms with E-state index in [2.05, 4.69) is 37.9 Å². The van der Waals surface area contributed by atoms with Crippen molar-refractivity contribution in [1.82, 2.24) is 4.98 Å². The number of nitrogens with one attached hydrogen (secondary N) is 1. The van der Waals surface area contributed by atoms with Crippen LogP contribution in [0.25, 0.3) is 22.5 Å². The summed E-state index contributed by atoms with van der Waals surface area (Å²) in [4.78, 5) is 3.41. The van der Waals surface area contributed by atoms with E-state index >= 15 is 0 Å². The van der Waals surface area contributed by atoms with Crippen LogP contribution in [0.2, 0.25) is 0 Å². The van der Waals surface area contributed by atoms with Gasteiger partial charge in [-0.1, -0.05) is 63.2 Å². The Hall–Kier alpha value is -2.48. The Morgan fingerprint density at radius 2 is 1.45 bits per heavy atom. The van der Waals surface area contributed by atoms with Crippen LogP contribution in [0.4, 0.5) is 0 Å². The van der Waals surface area contributed by atoms with Crippen molar-refractivity contribution in [2.45, 2.75) is 26.2 Å². The monoisotopic (exact) mass is 291 g/mol. The van der Waals surface area contributed by atoms with Crippen molar-refractivity contribution in [3.8, 4) is 28.3 Å². The SMILES string of the molecule is CC(C)(C)c1cccc(-c2ccc(-c3ccccc3)[nH]2)c1O. The molecule has 1 aromatic heterocycles. The largest absolute Gasteiger partial charge is 0.507 e. The third kappa shape index (κ3) is 2.64. The Kier molecular flexibility index (Phi) is 3.53. The molecule has 0 aliphatic carbocycles. The van der Waals surface area contributed by atoms with Gasteiger partial charge in [-0.05, 0) is 34.7 Å². The third-order valence-electron chi connectivity index (χ3n) is 3.91. The maximum Gasteiger partial charge on any atom is 0.128 e. The molecule has 0 aliphatic rings. The standard InChI is InChI=1S/C20H21NO/c1-20(2,3)16-11-7-10-15(19(16)22)18-13-12-17(21-18)14-8-5-4-6-9-14/h4-13,21-22H,1-3H3. The van der Waals surface area contributed by atoms with Gasteiger partial charge in [-0.3, -0.25) is 0 Å². The van der Waals surface area contributed by atoms with Crippen molar-refractivity contribution in [2.24, 2.45) is 0 Å². The summed E-state index contributed by atoms with van der Waals surface area (Å²) < 4.78 is 0. The van der Waals surface area contributed by atoms with Crippen LogP contribution >= 0.6 is 0 Å². The molecule has 2 nitrogen and oxygen atoms in total. The number of benzene rings is 2. The Morgan fingerprint density at radius 1 is 0.773 bits per heavy atom. The number of rotatable bonds is 2. The Morgan fingerprint density at radius 3 is 2.14 bits per heavy atom. The molecule has 0 aliphatic heterocycles. The quantitative estimate of drug-likeness (QED) is 0.656. The minimum Gasteiger partial charge on any atom is -0.507 e. The van der Waals surface area contributed by atoms with E-state index in [-0.39, 0.29) is 5.41 Å². The van der Waals surface area contributed by atoms with Gasteiger partial charge >= 0.3 is 0 Å². The van der Waals surface area contributed by atoms with Crippen LogP contribution in [0.15, 0.2) is 60.7 Å². The lowest BCUT2D eigenvalue weighted by Gasteiger charge is -2.21. The number of hydrogen-bond acceptors (Lipinski definition) is 1. The first-order valence-corrected chi connectivity index (χ1v) is 7.54. The van der Waals surface area contributed by atoms with Gasteiger partial charge in [0.1, 0.15) is 5.75 Å². The fourth-order valence-electron chi connectivity index (χ4n) is 2.70. The van der Waals surface area contributed by atoms with Crippen LogP contribution in [0.1, 0.15) is 26.3 Å². The highest BCUT2D eigenvalue weighted by molar-refractivity contribution is 5.73. The van der Waals surface area contributed by atoms with E-state index in [0.717, 1.165) is 28.1 Å². The topological polar surface area (TPSA) is 36.0 Å². The lowest BCUT2D eigenvalue weighted by atomic mass is 9.85. The molecule has 0 unspecified atom stereocenters. The number of aromatic nitrogens is 1. The minimum atomic E-state index is -0.0883. The number of phenols is 1. The van der Waals surface area contributed by atoms with Crippen molar-refractivity contribution in [2.75, 3.05) is 0 Å². The lowest BCUT2D eigenvalue weighted by molar-refractivity contribution is 0.448. The molecule has 0 radical (unpaired) electrons. The van der Waals surface area contributed by atoms with E-state index in [0.29, 0.717) is 5.75 Å². The van der Waals surface area contributed by atoms with Crippen molar-refractivity contribution >= 4 is 0 Å². The number of aromatic amines is 1. The van der Waals surface area contributed by atoms with Gasteiger partial charge in [0.2, 0.25) is 0 Å². The van der Waals surface area contributed by atoms with Crippen LogP contribution in [0, 0.1) is 0 Å². The highest BCUT2D eigenvalue weighted by Gasteiger charge is 2.20. The molecule has 0 fully saturated rings. The van der Waals surface area contributed by atoms with Crippen LogP contribution < -0.4 is 0 Å². The van der Waals surface area contributed by atoms with Crippen molar-refractivity contribution < 1.29 is 5.11 Å². The predicted molar refractivity (Wildman–Crippen MR) is 92.0 cm³/mol. The molecule has 22 heavy (non-hydrogen) atoms. The average molecular weight is 291 g/mol. The molecule has 2 N–H and O–H groups in total. The number of phenolic OH excluding ortho intramolecular Hbond substituents is 1. The maximum atomic E-state index is 10.6. The molecule has 0 spiro atoms. The van der Waals surface area contributed by atoms with Crippen molar-refractivity contribution in [1.29, 1.82) is 0 Å². The van der Waals surface area contributed by atoms with Crippen LogP contribution in [0.5, 0.6) is 5.75 Å². The number of aromatic hydroxyl groups is 1. The summed E-state index contributed by atoms with van der Waals surface area (Å²) in [7, 11) is 0. The molecule has 0 atom stereocenters. The second kappa shape index (κ2) is 5.38. The fraction of sp³-hybridized carbons (Fsp3) is 0.200. The van der Waals surface area contributed by atoms with E-state index in [4.69, 9.17) is 0 Å². The maximum absolute atomic E-state index is 10.6. The van der Waals surface area contributed by atoms with Gasteiger partial charge in [-0.25, -0.2) is 0 Å². The molecule has 0 saturated carbocycles. The molecular weight excluding hydrogens is 270 g/mol. The molecule has 2 aromatic carbocycles. The molecule has 2 heteroatoms. The average Bonchev–Trinajstić information content (AvgIpc) is 2.97. The van der Waals surface area contributed by atoms with Gasteiger partial charge in [0.05, 0.1) is 0 Å². The highest BCUT2D eigenvalue weighted by atomic mass is 16.3. The number of hydrogen-bond donors (Lipinski definition) is 2. The second-order valence-electron chi connectivity index (χ2n) is 6.60. The molecule has 0 bridgehead atoms. The van der Waals surface area contributed by atoms with Gasteiger partial charge in [0.25, 0.3) is 0 Å². The minimum absolute atomic E-state index is 0.0883. The zero-order valence-corrected chi connectivity index (χ0v) is 13.2. The van der Waals surface area contributed by atoms with Crippen molar-refractivity contribution in [3.05, 3.63) is 66.2 Å².